The number of aliphatic carboxylic acids is 1. The van der Waals surface area contributed by atoms with Gasteiger partial charge in [0, 0.05) is 19.6 Å². The molecule has 0 atom stereocenters. The molecule has 1 aromatic carbocycles. The number of rotatable bonds is 3. The molecule has 0 saturated carbocycles. The number of likely N-dealkylation sites (tertiary alicyclic amines) is 1. The maximum absolute atomic E-state index is 12.8. The molecule has 1 heterocycles. The summed E-state index contributed by atoms with van der Waals surface area (Å²) >= 11 is 0. The molecule has 2 rings (SSSR count). The zero-order valence-electron chi connectivity index (χ0n) is 10.1. The highest BCUT2D eigenvalue weighted by molar-refractivity contribution is 5.78. The van der Waals surface area contributed by atoms with Gasteiger partial charge in [0.15, 0.2) is 0 Å². The molecule has 1 aliphatic rings. The minimum absolute atomic E-state index is 0.246. The first-order valence-corrected chi connectivity index (χ1v) is 5.99. The molecular weight excluding hydrogens is 235 g/mol. The zero-order chi connectivity index (χ0) is 13.2. The van der Waals surface area contributed by atoms with Gasteiger partial charge in [-0.3, -0.25) is 9.69 Å². The van der Waals surface area contributed by atoms with Crippen molar-refractivity contribution in [2.75, 3.05) is 13.1 Å². The predicted octanol–water partition coefficient (Wildman–Crippen LogP) is 1.20. The van der Waals surface area contributed by atoms with Crippen LogP contribution in [0.4, 0.5) is 4.39 Å². The summed E-state index contributed by atoms with van der Waals surface area (Å²) < 4.78 is 12.8. The number of carboxylic acid groups (broad SMARTS) is 1. The summed E-state index contributed by atoms with van der Waals surface area (Å²) in [5.41, 5.74) is 5.74. The van der Waals surface area contributed by atoms with Crippen molar-refractivity contribution in [2.24, 2.45) is 5.73 Å². The Bertz CT molecular complexity index is 425. The molecule has 3 N–H and O–H groups in total. The molecule has 0 radical (unpaired) electrons. The van der Waals surface area contributed by atoms with E-state index in [4.69, 9.17) is 10.8 Å². The fourth-order valence-corrected chi connectivity index (χ4v) is 2.17. The third-order valence-corrected chi connectivity index (χ3v) is 3.49. The molecule has 0 bridgehead atoms. The molecule has 1 fully saturated rings. The SMILES string of the molecule is NC1(C(=O)O)CCN(Cc2ccc(F)cc2)CC1. The van der Waals surface area contributed by atoms with Crippen molar-refractivity contribution in [3.05, 3.63) is 35.6 Å². The third kappa shape index (κ3) is 2.86. The zero-order valence-corrected chi connectivity index (χ0v) is 10.1. The van der Waals surface area contributed by atoms with Crippen molar-refractivity contribution in [2.45, 2.75) is 24.9 Å². The average Bonchev–Trinajstić information content (AvgIpc) is 2.35. The van der Waals surface area contributed by atoms with Gasteiger partial charge < -0.3 is 10.8 Å². The van der Waals surface area contributed by atoms with Gasteiger partial charge in [0.25, 0.3) is 0 Å². The average molecular weight is 252 g/mol. The maximum Gasteiger partial charge on any atom is 0.323 e. The van der Waals surface area contributed by atoms with Gasteiger partial charge in [0.05, 0.1) is 0 Å². The van der Waals surface area contributed by atoms with Gasteiger partial charge in [-0.1, -0.05) is 12.1 Å². The van der Waals surface area contributed by atoms with Gasteiger partial charge in [-0.05, 0) is 30.5 Å². The van der Waals surface area contributed by atoms with E-state index in [1.807, 2.05) is 0 Å². The number of carbonyl (C=O) groups is 1. The van der Waals surface area contributed by atoms with Gasteiger partial charge in [-0.2, -0.15) is 0 Å². The maximum atomic E-state index is 12.8. The summed E-state index contributed by atoms with van der Waals surface area (Å²) in [7, 11) is 0. The van der Waals surface area contributed by atoms with Crippen LogP contribution in [-0.4, -0.2) is 34.6 Å². The lowest BCUT2D eigenvalue weighted by Gasteiger charge is -2.36. The standard InChI is InChI=1S/C13H17FN2O2/c14-11-3-1-10(2-4-11)9-16-7-5-13(15,6-8-16)12(17)18/h1-4H,5-9,15H2,(H,17,18). The summed E-state index contributed by atoms with van der Waals surface area (Å²) in [5.74, 6) is -1.17. The van der Waals surface area contributed by atoms with Crippen LogP contribution in [0.2, 0.25) is 0 Å². The molecule has 0 amide bonds. The van der Waals surface area contributed by atoms with Crippen LogP contribution in [0.25, 0.3) is 0 Å². The summed E-state index contributed by atoms with van der Waals surface area (Å²) in [6.07, 6.45) is 0.896. The van der Waals surface area contributed by atoms with Crippen molar-refractivity contribution in [1.82, 2.24) is 4.90 Å². The fourth-order valence-electron chi connectivity index (χ4n) is 2.17. The Kier molecular flexibility index (Phi) is 3.63. The van der Waals surface area contributed by atoms with Gasteiger partial charge in [0.1, 0.15) is 11.4 Å². The van der Waals surface area contributed by atoms with Crippen LogP contribution in [0.5, 0.6) is 0 Å². The van der Waals surface area contributed by atoms with E-state index in [-0.39, 0.29) is 5.82 Å². The Morgan fingerprint density at radius 1 is 1.33 bits per heavy atom. The Morgan fingerprint density at radius 2 is 1.89 bits per heavy atom. The lowest BCUT2D eigenvalue weighted by Crippen LogP contribution is -2.55. The smallest absolute Gasteiger partial charge is 0.323 e. The Hall–Kier alpha value is -1.46. The quantitative estimate of drug-likeness (QED) is 0.848. The van der Waals surface area contributed by atoms with Gasteiger partial charge in [-0.15, -0.1) is 0 Å². The molecule has 1 aromatic rings. The number of piperidine rings is 1. The summed E-state index contributed by atoms with van der Waals surface area (Å²) in [5, 5.41) is 9.02. The van der Waals surface area contributed by atoms with Crippen LogP contribution in [0, 0.1) is 5.82 Å². The number of benzene rings is 1. The first kappa shape index (κ1) is 13.0. The van der Waals surface area contributed by atoms with E-state index in [2.05, 4.69) is 4.90 Å². The van der Waals surface area contributed by atoms with E-state index in [0.29, 0.717) is 32.5 Å². The van der Waals surface area contributed by atoms with Crippen LogP contribution >= 0.6 is 0 Å². The summed E-state index contributed by atoms with van der Waals surface area (Å²) in [6, 6.07) is 6.36. The lowest BCUT2D eigenvalue weighted by molar-refractivity contribution is -0.145. The molecule has 5 heteroatoms. The van der Waals surface area contributed by atoms with Crippen LogP contribution in [0.1, 0.15) is 18.4 Å². The highest BCUT2D eigenvalue weighted by Crippen LogP contribution is 2.21. The number of halogens is 1. The number of nitrogens with zero attached hydrogens (tertiary/aromatic N) is 1. The van der Waals surface area contributed by atoms with Gasteiger partial charge in [0.2, 0.25) is 0 Å². The largest absolute Gasteiger partial charge is 0.480 e. The molecule has 18 heavy (non-hydrogen) atoms. The van der Waals surface area contributed by atoms with Crippen LogP contribution in [0.15, 0.2) is 24.3 Å². The minimum Gasteiger partial charge on any atom is -0.480 e. The third-order valence-electron chi connectivity index (χ3n) is 3.49. The fraction of sp³-hybridized carbons (Fsp3) is 0.462. The Morgan fingerprint density at radius 3 is 2.39 bits per heavy atom. The van der Waals surface area contributed by atoms with E-state index in [1.54, 1.807) is 12.1 Å². The molecular formula is C13H17FN2O2. The highest BCUT2D eigenvalue weighted by atomic mass is 19.1. The Balaban J connectivity index is 1.91. The minimum atomic E-state index is -1.08. The van der Waals surface area contributed by atoms with Crippen molar-refractivity contribution < 1.29 is 14.3 Å². The van der Waals surface area contributed by atoms with E-state index in [9.17, 15) is 9.18 Å². The van der Waals surface area contributed by atoms with E-state index < -0.39 is 11.5 Å². The number of carboxylic acids is 1. The van der Waals surface area contributed by atoms with E-state index in [1.165, 1.54) is 12.1 Å². The van der Waals surface area contributed by atoms with Crippen LogP contribution in [-0.2, 0) is 11.3 Å². The first-order valence-electron chi connectivity index (χ1n) is 5.99. The number of hydrogen-bond acceptors (Lipinski definition) is 3. The van der Waals surface area contributed by atoms with E-state index >= 15 is 0 Å². The van der Waals surface area contributed by atoms with E-state index in [0.717, 1.165) is 5.56 Å². The lowest BCUT2D eigenvalue weighted by atomic mass is 9.88. The van der Waals surface area contributed by atoms with Gasteiger partial charge in [-0.25, -0.2) is 4.39 Å². The molecule has 0 spiro atoms. The monoisotopic (exact) mass is 252 g/mol. The molecule has 98 valence electrons. The Labute approximate surface area is 105 Å². The van der Waals surface area contributed by atoms with Gasteiger partial charge >= 0.3 is 5.97 Å². The normalized spacial score (nSPS) is 19.7. The van der Waals surface area contributed by atoms with Crippen molar-refractivity contribution in [1.29, 1.82) is 0 Å². The molecule has 0 aromatic heterocycles. The number of nitrogens with two attached hydrogens (primary N) is 1. The second-order valence-corrected chi connectivity index (χ2v) is 4.86. The van der Waals surface area contributed by atoms with Crippen LogP contribution in [0.3, 0.4) is 0 Å². The first-order chi connectivity index (χ1) is 8.49. The molecule has 0 unspecified atom stereocenters. The molecule has 4 nitrogen and oxygen atoms in total. The van der Waals surface area contributed by atoms with Crippen molar-refractivity contribution >= 4 is 5.97 Å². The van der Waals surface area contributed by atoms with Crippen LogP contribution < -0.4 is 5.73 Å². The second-order valence-electron chi connectivity index (χ2n) is 4.86. The predicted molar refractivity (Wildman–Crippen MR) is 65.5 cm³/mol. The number of hydrogen-bond donors (Lipinski definition) is 2. The molecule has 1 aliphatic heterocycles. The van der Waals surface area contributed by atoms with Crippen molar-refractivity contribution in [3.63, 3.8) is 0 Å². The summed E-state index contributed by atoms with van der Waals surface area (Å²) in [4.78, 5) is 13.1. The summed E-state index contributed by atoms with van der Waals surface area (Å²) in [6.45, 7) is 2.01. The molecule has 0 aliphatic carbocycles. The highest BCUT2D eigenvalue weighted by Gasteiger charge is 2.37. The second kappa shape index (κ2) is 5.04. The molecule has 1 saturated heterocycles. The van der Waals surface area contributed by atoms with Crippen molar-refractivity contribution in [3.8, 4) is 0 Å². The topological polar surface area (TPSA) is 66.6 Å².